The first-order valence-electron chi connectivity index (χ1n) is 7.62. The third kappa shape index (κ3) is 2.32. The Labute approximate surface area is 133 Å². The molecule has 1 atom stereocenters. The van der Waals surface area contributed by atoms with Gasteiger partial charge in [0.1, 0.15) is 23.3 Å². The molecule has 0 aliphatic heterocycles. The number of benzene rings is 1. The second kappa shape index (κ2) is 5.39. The number of nitrogens with zero attached hydrogens (tertiary/aromatic N) is 3. The van der Waals surface area contributed by atoms with Crippen LogP contribution in [0.1, 0.15) is 25.7 Å². The van der Waals surface area contributed by atoms with Crippen LogP contribution in [-0.2, 0) is 0 Å². The van der Waals surface area contributed by atoms with Gasteiger partial charge in [0, 0.05) is 17.8 Å². The number of furan rings is 1. The number of imidazole rings is 1. The molecule has 0 spiro atoms. The van der Waals surface area contributed by atoms with Crippen LogP contribution in [0.5, 0.6) is 0 Å². The molecule has 4 aromatic rings. The Hall–Kier alpha value is -2.89. The average Bonchev–Trinajstić information content (AvgIpc) is 3.20. The number of nitrogens with one attached hydrogen (secondary N) is 2. The first-order valence-corrected chi connectivity index (χ1v) is 7.62. The standard InChI is InChI=1S/C17H17N5O/c1-10(2)13(16-18-7-8-19-16)22-17-15-14(20-9-21-17)11-5-3-4-6-12(11)23-15/h3-10,13H,1-2H3,(H,18,19)(H,20,21,22)/t13-/m0/s1. The fourth-order valence-corrected chi connectivity index (χ4v) is 2.77. The minimum Gasteiger partial charge on any atom is -0.450 e. The van der Waals surface area contributed by atoms with Gasteiger partial charge in [-0.05, 0) is 18.1 Å². The van der Waals surface area contributed by atoms with Crippen LogP contribution >= 0.6 is 0 Å². The highest BCUT2D eigenvalue weighted by Gasteiger charge is 2.21. The van der Waals surface area contributed by atoms with Crippen molar-refractivity contribution in [1.29, 1.82) is 0 Å². The Kier molecular flexibility index (Phi) is 3.22. The van der Waals surface area contributed by atoms with Gasteiger partial charge in [0.25, 0.3) is 0 Å². The smallest absolute Gasteiger partial charge is 0.196 e. The average molecular weight is 307 g/mol. The van der Waals surface area contributed by atoms with Crippen LogP contribution in [0.25, 0.3) is 22.1 Å². The quantitative estimate of drug-likeness (QED) is 0.597. The van der Waals surface area contributed by atoms with Crippen molar-refractivity contribution in [2.45, 2.75) is 19.9 Å². The molecule has 6 nitrogen and oxygen atoms in total. The molecule has 0 fully saturated rings. The lowest BCUT2D eigenvalue weighted by Crippen LogP contribution is -2.19. The van der Waals surface area contributed by atoms with E-state index in [1.54, 1.807) is 12.5 Å². The van der Waals surface area contributed by atoms with E-state index in [-0.39, 0.29) is 6.04 Å². The van der Waals surface area contributed by atoms with E-state index in [0.717, 1.165) is 22.3 Å². The van der Waals surface area contributed by atoms with Crippen LogP contribution in [0.2, 0.25) is 0 Å². The number of fused-ring (bicyclic) bond motifs is 3. The summed E-state index contributed by atoms with van der Waals surface area (Å²) in [6.45, 7) is 4.27. The van der Waals surface area contributed by atoms with Crippen LogP contribution in [-0.4, -0.2) is 19.9 Å². The van der Waals surface area contributed by atoms with Crippen LogP contribution in [0.15, 0.2) is 47.4 Å². The predicted molar refractivity (Wildman–Crippen MR) is 89.1 cm³/mol. The summed E-state index contributed by atoms with van der Waals surface area (Å²) in [6, 6.07) is 7.88. The van der Waals surface area contributed by atoms with Gasteiger partial charge in [0.2, 0.25) is 0 Å². The number of rotatable bonds is 4. The van der Waals surface area contributed by atoms with Gasteiger partial charge < -0.3 is 14.7 Å². The molecule has 23 heavy (non-hydrogen) atoms. The van der Waals surface area contributed by atoms with Crippen molar-refractivity contribution in [2.24, 2.45) is 5.92 Å². The molecule has 0 saturated carbocycles. The van der Waals surface area contributed by atoms with Gasteiger partial charge in [0.15, 0.2) is 11.4 Å². The van der Waals surface area contributed by atoms with Gasteiger partial charge in [-0.1, -0.05) is 26.0 Å². The molecular weight excluding hydrogens is 290 g/mol. The van der Waals surface area contributed by atoms with Gasteiger partial charge in [-0.15, -0.1) is 0 Å². The summed E-state index contributed by atoms with van der Waals surface area (Å²) in [4.78, 5) is 16.3. The topological polar surface area (TPSA) is 79.6 Å². The lowest BCUT2D eigenvalue weighted by Gasteiger charge is -2.20. The fraction of sp³-hybridized carbons (Fsp3) is 0.235. The maximum atomic E-state index is 5.96. The summed E-state index contributed by atoms with van der Waals surface area (Å²) in [5.74, 6) is 1.89. The molecule has 0 amide bonds. The van der Waals surface area contributed by atoms with Gasteiger partial charge in [-0.25, -0.2) is 15.0 Å². The molecule has 0 aliphatic carbocycles. The van der Waals surface area contributed by atoms with E-state index in [0.29, 0.717) is 17.3 Å². The normalized spacial score (nSPS) is 13.0. The third-order valence-electron chi connectivity index (χ3n) is 3.93. The van der Waals surface area contributed by atoms with Gasteiger partial charge in [0.05, 0.1) is 6.04 Å². The molecule has 116 valence electrons. The van der Waals surface area contributed by atoms with Gasteiger partial charge in [-0.3, -0.25) is 0 Å². The number of H-pyrrole nitrogens is 1. The van der Waals surface area contributed by atoms with Crippen molar-refractivity contribution < 1.29 is 4.42 Å². The summed E-state index contributed by atoms with van der Waals surface area (Å²) in [7, 11) is 0. The van der Waals surface area contributed by atoms with Crippen LogP contribution in [0.3, 0.4) is 0 Å². The van der Waals surface area contributed by atoms with E-state index >= 15 is 0 Å². The third-order valence-corrected chi connectivity index (χ3v) is 3.93. The van der Waals surface area contributed by atoms with Crippen molar-refractivity contribution in [2.75, 3.05) is 5.32 Å². The summed E-state index contributed by atoms with van der Waals surface area (Å²) in [5.41, 5.74) is 2.30. The van der Waals surface area contributed by atoms with Gasteiger partial charge >= 0.3 is 0 Å². The molecule has 4 rings (SSSR count). The Morgan fingerprint density at radius 1 is 1.13 bits per heavy atom. The van der Waals surface area contributed by atoms with E-state index in [1.165, 1.54) is 0 Å². The number of hydrogen-bond donors (Lipinski definition) is 2. The molecule has 0 aliphatic rings. The zero-order valence-electron chi connectivity index (χ0n) is 12.9. The summed E-state index contributed by atoms with van der Waals surface area (Å²) in [6.07, 6.45) is 5.14. The van der Waals surface area contributed by atoms with E-state index in [9.17, 15) is 0 Å². The van der Waals surface area contributed by atoms with Crippen molar-refractivity contribution in [3.63, 3.8) is 0 Å². The lowest BCUT2D eigenvalue weighted by atomic mass is 10.0. The molecule has 2 N–H and O–H groups in total. The van der Waals surface area contributed by atoms with E-state index in [1.807, 2.05) is 30.5 Å². The molecule has 3 aromatic heterocycles. The summed E-state index contributed by atoms with van der Waals surface area (Å²) < 4.78 is 5.96. The Balaban J connectivity index is 1.82. The highest BCUT2D eigenvalue weighted by atomic mass is 16.3. The molecule has 6 heteroatoms. The van der Waals surface area contributed by atoms with Crippen LogP contribution < -0.4 is 5.32 Å². The summed E-state index contributed by atoms with van der Waals surface area (Å²) >= 11 is 0. The van der Waals surface area contributed by atoms with E-state index in [4.69, 9.17) is 4.42 Å². The second-order valence-electron chi connectivity index (χ2n) is 5.84. The molecule has 3 heterocycles. The first kappa shape index (κ1) is 13.8. The molecule has 0 bridgehead atoms. The minimum atomic E-state index is 0.0105. The Bertz CT molecular complexity index is 942. The number of para-hydroxylation sites is 1. The van der Waals surface area contributed by atoms with Crippen molar-refractivity contribution >= 4 is 27.9 Å². The monoisotopic (exact) mass is 307 g/mol. The SMILES string of the molecule is CC(C)[C@H](Nc1ncnc2c1oc1ccccc12)c1ncc[nH]1. The van der Waals surface area contributed by atoms with E-state index in [2.05, 4.69) is 39.1 Å². The fourth-order valence-electron chi connectivity index (χ4n) is 2.77. The minimum absolute atomic E-state index is 0.0105. The number of aromatic amines is 1. The Morgan fingerprint density at radius 3 is 2.78 bits per heavy atom. The van der Waals surface area contributed by atoms with E-state index < -0.39 is 0 Å². The zero-order valence-corrected chi connectivity index (χ0v) is 12.9. The predicted octanol–water partition coefficient (Wildman–Crippen LogP) is 3.91. The van der Waals surface area contributed by atoms with Crippen molar-refractivity contribution in [1.82, 2.24) is 19.9 Å². The zero-order chi connectivity index (χ0) is 15.8. The van der Waals surface area contributed by atoms with Crippen LogP contribution in [0.4, 0.5) is 5.82 Å². The molecule has 1 aromatic carbocycles. The highest BCUT2D eigenvalue weighted by molar-refractivity contribution is 6.05. The largest absolute Gasteiger partial charge is 0.450 e. The van der Waals surface area contributed by atoms with Gasteiger partial charge in [-0.2, -0.15) is 0 Å². The second-order valence-corrected chi connectivity index (χ2v) is 5.84. The molecule has 0 saturated heterocycles. The molecule has 0 unspecified atom stereocenters. The maximum Gasteiger partial charge on any atom is 0.196 e. The lowest BCUT2D eigenvalue weighted by molar-refractivity contribution is 0.523. The maximum absolute atomic E-state index is 5.96. The number of hydrogen-bond acceptors (Lipinski definition) is 5. The highest BCUT2D eigenvalue weighted by Crippen LogP contribution is 2.32. The first-order chi connectivity index (χ1) is 11.2. The molecular formula is C17H17N5O. The van der Waals surface area contributed by atoms with Crippen molar-refractivity contribution in [3.8, 4) is 0 Å². The molecule has 0 radical (unpaired) electrons. The summed E-state index contributed by atoms with van der Waals surface area (Å²) in [5, 5.41) is 4.44. The number of anilines is 1. The van der Waals surface area contributed by atoms with Crippen LogP contribution in [0, 0.1) is 5.92 Å². The Morgan fingerprint density at radius 2 is 2.00 bits per heavy atom. The van der Waals surface area contributed by atoms with Crippen molar-refractivity contribution in [3.05, 3.63) is 48.8 Å². The number of aromatic nitrogens is 4.